The largest absolute Gasteiger partial charge is 0.458 e. The molecule has 0 unspecified atom stereocenters. The maximum Gasteiger partial charge on any atom is 0.334 e. The molecule has 0 aromatic carbocycles. The average molecular weight is 264 g/mol. The lowest BCUT2D eigenvalue weighted by atomic mass is 9.58. The number of aliphatic hydroxyl groups is 2. The van der Waals surface area contributed by atoms with Crippen LogP contribution in [-0.4, -0.2) is 34.5 Å². The van der Waals surface area contributed by atoms with E-state index in [0.717, 1.165) is 5.57 Å². The van der Waals surface area contributed by atoms with Crippen LogP contribution in [0.25, 0.3) is 0 Å². The topological polar surface area (TPSA) is 66.8 Å². The van der Waals surface area contributed by atoms with Crippen LogP contribution in [0.1, 0.15) is 33.1 Å². The first-order valence-corrected chi connectivity index (χ1v) is 6.79. The van der Waals surface area contributed by atoms with Gasteiger partial charge in [-0.25, -0.2) is 4.79 Å². The fourth-order valence-electron chi connectivity index (χ4n) is 4.04. The lowest BCUT2D eigenvalue weighted by Crippen LogP contribution is -2.51. The van der Waals surface area contributed by atoms with Crippen LogP contribution in [0, 0.1) is 11.3 Å². The van der Waals surface area contributed by atoms with E-state index in [0.29, 0.717) is 24.8 Å². The molecular formula is C15H20O4. The van der Waals surface area contributed by atoms with Crippen LogP contribution in [0.2, 0.25) is 0 Å². The van der Waals surface area contributed by atoms with Crippen LogP contribution in [0.5, 0.6) is 0 Å². The summed E-state index contributed by atoms with van der Waals surface area (Å²) in [4.78, 5) is 11.6. The lowest BCUT2D eigenvalue weighted by molar-refractivity contribution is -0.143. The Hall–Kier alpha value is -1.13. The average Bonchev–Trinajstić information content (AvgIpc) is 2.60. The summed E-state index contributed by atoms with van der Waals surface area (Å²) in [5.74, 6) is -0.279. The Balaban J connectivity index is 2.02. The molecule has 1 saturated carbocycles. The minimum Gasteiger partial charge on any atom is -0.458 e. The predicted molar refractivity (Wildman–Crippen MR) is 69.2 cm³/mol. The van der Waals surface area contributed by atoms with Gasteiger partial charge in [-0.05, 0) is 26.2 Å². The van der Waals surface area contributed by atoms with Crippen LogP contribution < -0.4 is 0 Å². The molecule has 3 aliphatic rings. The normalized spacial score (nSPS) is 45.9. The van der Waals surface area contributed by atoms with E-state index in [1.165, 1.54) is 5.57 Å². The van der Waals surface area contributed by atoms with Gasteiger partial charge in [0, 0.05) is 16.9 Å². The van der Waals surface area contributed by atoms with Gasteiger partial charge < -0.3 is 14.9 Å². The molecule has 1 saturated heterocycles. The molecular weight excluding hydrogens is 244 g/mol. The summed E-state index contributed by atoms with van der Waals surface area (Å²) in [6, 6.07) is 0. The fourth-order valence-corrected chi connectivity index (χ4v) is 4.04. The van der Waals surface area contributed by atoms with Gasteiger partial charge in [-0.15, -0.1) is 0 Å². The molecule has 2 aliphatic carbocycles. The Labute approximate surface area is 112 Å². The van der Waals surface area contributed by atoms with Crippen LogP contribution >= 0.6 is 0 Å². The van der Waals surface area contributed by atoms with Crippen molar-refractivity contribution in [1.82, 2.24) is 0 Å². The van der Waals surface area contributed by atoms with E-state index in [9.17, 15) is 15.0 Å². The number of ether oxygens (including phenoxy) is 1. The summed E-state index contributed by atoms with van der Waals surface area (Å²) >= 11 is 0. The zero-order chi connectivity index (χ0) is 13.9. The van der Waals surface area contributed by atoms with Crippen LogP contribution in [0.15, 0.2) is 23.3 Å². The zero-order valence-corrected chi connectivity index (χ0v) is 11.3. The van der Waals surface area contributed by atoms with Gasteiger partial charge in [0.15, 0.2) is 0 Å². The number of fused-ring (bicyclic) bond motifs is 2. The van der Waals surface area contributed by atoms with Crippen molar-refractivity contribution in [3.63, 3.8) is 0 Å². The molecule has 1 aliphatic heterocycles. The van der Waals surface area contributed by atoms with E-state index < -0.39 is 17.6 Å². The Bertz CT molecular complexity index is 492. The molecule has 0 radical (unpaired) electrons. The summed E-state index contributed by atoms with van der Waals surface area (Å²) in [7, 11) is 0. The van der Waals surface area contributed by atoms with Crippen molar-refractivity contribution in [2.75, 3.05) is 0 Å². The smallest absolute Gasteiger partial charge is 0.334 e. The van der Waals surface area contributed by atoms with Gasteiger partial charge in [-0.2, -0.15) is 0 Å². The minimum absolute atomic E-state index is 0.0352. The van der Waals surface area contributed by atoms with Crippen molar-refractivity contribution in [3.05, 3.63) is 23.3 Å². The van der Waals surface area contributed by atoms with Crippen molar-refractivity contribution in [1.29, 1.82) is 0 Å². The van der Waals surface area contributed by atoms with Crippen molar-refractivity contribution in [3.8, 4) is 0 Å². The maximum atomic E-state index is 11.6. The molecule has 4 nitrogen and oxygen atoms in total. The highest BCUT2D eigenvalue weighted by Crippen LogP contribution is 2.54. The van der Waals surface area contributed by atoms with Gasteiger partial charge in [0.2, 0.25) is 0 Å². The molecule has 0 amide bonds. The Morgan fingerprint density at radius 2 is 2.05 bits per heavy atom. The van der Waals surface area contributed by atoms with Crippen LogP contribution in [-0.2, 0) is 9.53 Å². The molecule has 4 heteroatoms. The molecule has 5 atom stereocenters. The molecule has 0 bridgehead atoms. The van der Waals surface area contributed by atoms with E-state index >= 15 is 0 Å². The number of rotatable bonds is 0. The fraction of sp³-hybridized carbons (Fsp3) is 0.667. The van der Waals surface area contributed by atoms with Gasteiger partial charge in [-0.1, -0.05) is 24.6 Å². The highest BCUT2D eigenvalue weighted by atomic mass is 16.6. The molecule has 19 heavy (non-hydrogen) atoms. The molecule has 0 aromatic heterocycles. The van der Waals surface area contributed by atoms with Crippen molar-refractivity contribution >= 4 is 5.97 Å². The highest BCUT2D eigenvalue weighted by molar-refractivity contribution is 5.91. The first kappa shape index (κ1) is 12.9. The second kappa shape index (κ2) is 3.93. The second-order valence-electron chi connectivity index (χ2n) is 6.38. The number of carbonyl (C=O) groups is 1. The summed E-state index contributed by atoms with van der Waals surface area (Å²) in [5.41, 5.74) is 2.36. The number of hydrogen-bond donors (Lipinski definition) is 2. The van der Waals surface area contributed by atoms with Gasteiger partial charge >= 0.3 is 5.97 Å². The quantitative estimate of drug-likeness (QED) is 0.393. The van der Waals surface area contributed by atoms with E-state index in [1.807, 2.05) is 13.8 Å². The molecule has 2 N–H and O–H groups in total. The second-order valence-corrected chi connectivity index (χ2v) is 6.38. The molecule has 0 aromatic rings. The molecule has 2 fully saturated rings. The summed E-state index contributed by atoms with van der Waals surface area (Å²) in [5, 5.41) is 20.3. The van der Waals surface area contributed by atoms with E-state index in [2.05, 4.69) is 6.58 Å². The maximum absolute atomic E-state index is 11.6. The summed E-state index contributed by atoms with van der Waals surface area (Å²) < 4.78 is 5.36. The van der Waals surface area contributed by atoms with E-state index in [-0.39, 0.29) is 18.0 Å². The van der Waals surface area contributed by atoms with Crippen molar-refractivity contribution in [2.24, 2.45) is 11.3 Å². The SMILES string of the molecule is C=C1C(=O)O[C@@H]2C[C@]3(C)C(=C(C)C[C@H](O)[C@H]3O)C[C@H]12. The Kier molecular flexibility index (Phi) is 2.67. The van der Waals surface area contributed by atoms with Crippen molar-refractivity contribution < 1.29 is 19.7 Å². The third-order valence-corrected chi connectivity index (χ3v) is 5.20. The number of esters is 1. The lowest BCUT2D eigenvalue weighted by Gasteiger charge is -2.49. The highest BCUT2D eigenvalue weighted by Gasteiger charge is 2.54. The number of carbonyl (C=O) groups excluding carboxylic acids is 1. The van der Waals surface area contributed by atoms with E-state index in [4.69, 9.17) is 4.74 Å². The summed E-state index contributed by atoms with van der Waals surface area (Å²) in [6.07, 6.45) is 0.0474. The first-order valence-electron chi connectivity index (χ1n) is 6.79. The van der Waals surface area contributed by atoms with Gasteiger partial charge in [0.25, 0.3) is 0 Å². The van der Waals surface area contributed by atoms with Crippen molar-refractivity contribution in [2.45, 2.75) is 51.4 Å². The predicted octanol–water partition coefficient (Wildman–Crippen LogP) is 1.33. The van der Waals surface area contributed by atoms with Crippen LogP contribution in [0.3, 0.4) is 0 Å². The molecule has 0 spiro atoms. The minimum atomic E-state index is -0.792. The molecule has 3 rings (SSSR count). The summed E-state index contributed by atoms with van der Waals surface area (Å²) in [6.45, 7) is 7.80. The molecule has 1 heterocycles. The monoisotopic (exact) mass is 264 g/mol. The number of hydrogen-bond acceptors (Lipinski definition) is 4. The zero-order valence-electron chi connectivity index (χ0n) is 11.3. The number of aliphatic hydroxyl groups excluding tert-OH is 2. The standard InChI is InChI=1S/C15H20O4/c1-7-4-11(16)13(17)15(3)6-12-9(5-10(7)15)8(2)14(18)19-12/h9,11-13,16-17H,2,4-6H2,1,3H3/t9-,11+,12-,13-,15-/m1/s1. The van der Waals surface area contributed by atoms with Crippen LogP contribution in [0.4, 0.5) is 0 Å². The third kappa shape index (κ3) is 1.63. The van der Waals surface area contributed by atoms with E-state index in [1.54, 1.807) is 0 Å². The first-order chi connectivity index (χ1) is 8.84. The van der Waals surface area contributed by atoms with Gasteiger partial charge in [-0.3, -0.25) is 0 Å². The molecule has 104 valence electrons. The Morgan fingerprint density at radius 3 is 2.74 bits per heavy atom. The third-order valence-electron chi connectivity index (χ3n) is 5.20. The van der Waals surface area contributed by atoms with Gasteiger partial charge in [0.05, 0.1) is 12.2 Å². The Morgan fingerprint density at radius 1 is 1.37 bits per heavy atom. The van der Waals surface area contributed by atoms with Gasteiger partial charge in [0.1, 0.15) is 6.10 Å².